The molecule has 10 nitrogen and oxygen atoms in total. The minimum Gasteiger partial charge on any atom is -0.657 e. The van der Waals surface area contributed by atoms with Crippen LogP contribution >= 0.6 is 0 Å². The SMILES string of the molecule is CCCC1=C(C)c2cc3[n-]c(cc4nc(cc5[n-]c(cc1n2)c(C)c5CCC(O)O)C(C)=C4CCC(O)O)c(C)c3CCC(=O)O.[Fe+2]. The van der Waals surface area contributed by atoms with Gasteiger partial charge in [-0.3, -0.25) is 4.79 Å². The molecule has 250 valence electrons. The maximum absolute atomic E-state index is 11.6. The smallest absolute Gasteiger partial charge is 0.657 e. The van der Waals surface area contributed by atoms with E-state index in [1.54, 1.807) is 0 Å². The number of rotatable bonds is 11. The van der Waals surface area contributed by atoms with Crippen LogP contribution in [0.5, 0.6) is 0 Å². The van der Waals surface area contributed by atoms with E-state index in [9.17, 15) is 30.3 Å². The van der Waals surface area contributed by atoms with E-state index >= 15 is 0 Å². The predicted octanol–water partition coefficient (Wildman–Crippen LogP) is 5.20. The summed E-state index contributed by atoms with van der Waals surface area (Å²) in [6, 6.07) is 7.73. The molecule has 3 aromatic heterocycles. The number of aryl methyl sites for hydroxylation is 4. The number of aromatic nitrogens is 4. The van der Waals surface area contributed by atoms with Crippen LogP contribution in [0.15, 0.2) is 24.3 Å². The Bertz CT molecular complexity index is 1900. The number of hydrogen-bond acceptors (Lipinski definition) is 7. The van der Waals surface area contributed by atoms with Gasteiger partial charge in [0.05, 0.1) is 22.8 Å². The van der Waals surface area contributed by atoms with E-state index in [1.165, 1.54) is 0 Å². The Hall–Kier alpha value is -3.57. The fourth-order valence-corrected chi connectivity index (χ4v) is 6.36. The average Bonchev–Trinajstić information content (AvgIpc) is 3.64. The van der Waals surface area contributed by atoms with Crippen molar-refractivity contribution in [3.63, 3.8) is 0 Å². The molecule has 2 aliphatic rings. The number of hydrogen-bond donors (Lipinski definition) is 5. The van der Waals surface area contributed by atoms with Crippen molar-refractivity contribution in [3.05, 3.63) is 69.3 Å². The number of nitrogens with zero attached hydrogens (tertiary/aromatic N) is 4. The van der Waals surface area contributed by atoms with Crippen LogP contribution in [0.3, 0.4) is 0 Å². The van der Waals surface area contributed by atoms with E-state index in [0.29, 0.717) is 47.2 Å². The minimum atomic E-state index is -1.48. The third-order valence-corrected chi connectivity index (χ3v) is 9.04. The molecule has 0 radical (unpaired) electrons. The third kappa shape index (κ3) is 7.78. The molecule has 11 heteroatoms. The molecule has 0 unspecified atom stereocenters. The van der Waals surface area contributed by atoms with E-state index in [-0.39, 0.29) is 36.3 Å². The largest absolute Gasteiger partial charge is 2.00 e. The standard InChI is InChI=1S/C36H43N4O6.Fe/c1-6-7-22-18(2)26-15-31-24(9-12-35(43)44)20(4)28(39-31)17-33-25(10-13-36(45)46)21(5)29(40-33)16-32-23(8-11-34(41)42)19(3)27(38-32)14-30(22)37-26;/h14-17,34,36,41-42,45-46H,6-13H2,1-5H3,(H2-,37,38,39,40,43,44);/q-1;+2/p-1. The van der Waals surface area contributed by atoms with Crippen LogP contribution in [0.1, 0.15) is 104 Å². The van der Waals surface area contributed by atoms with Gasteiger partial charge in [-0.15, -0.1) is 22.1 Å². The summed E-state index contributed by atoms with van der Waals surface area (Å²) in [5, 5.41) is 48.3. The molecule has 47 heavy (non-hydrogen) atoms. The van der Waals surface area contributed by atoms with Crippen molar-refractivity contribution in [2.75, 3.05) is 0 Å². The summed E-state index contributed by atoms with van der Waals surface area (Å²) in [7, 11) is 0. The van der Waals surface area contributed by atoms with Crippen LogP contribution in [0.2, 0.25) is 0 Å². The van der Waals surface area contributed by atoms with Gasteiger partial charge in [0, 0.05) is 19.3 Å². The summed E-state index contributed by atoms with van der Waals surface area (Å²) >= 11 is 0. The molecule has 5 heterocycles. The fourth-order valence-electron chi connectivity index (χ4n) is 6.36. The van der Waals surface area contributed by atoms with E-state index in [0.717, 1.165) is 74.3 Å². The number of aliphatic carboxylic acids is 1. The predicted molar refractivity (Wildman–Crippen MR) is 178 cm³/mol. The van der Waals surface area contributed by atoms with Crippen molar-refractivity contribution in [1.29, 1.82) is 0 Å². The summed E-state index contributed by atoms with van der Waals surface area (Å²) in [6.07, 6.45) is 0.157. The van der Waals surface area contributed by atoms with Crippen molar-refractivity contribution in [3.8, 4) is 0 Å². The zero-order valence-corrected chi connectivity index (χ0v) is 28.5. The Morgan fingerprint density at radius 1 is 0.660 bits per heavy atom. The first kappa shape index (κ1) is 36.3. The van der Waals surface area contributed by atoms with Gasteiger partial charge in [0.15, 0.2) is 12.6 Å². The molecule has 0 atom stereocenters. The molecular formula is C36H42FeN4O6. The van der Waals surface area contributed by atoms with Crippen molar-refractivity contribution in [2.24, 2.45) is 0 Å². The average molecular weight is 683 g/mol. The molecule has 0 aliphatic carbocycles. The summed E-state index contributed by atoms with van der Waals surface area (Å²) in [4.78, 5) is 31.6. The molecule has 0 aromatic carbocycles. The summed E-state index contributed by atoms with van der Waals surface area (Å²) in [5.74, 6) is -0.886. The number of carbonyl (C=O) groups is 1. The van der Waals surface area contributed by atoms with Crippen molar-refractivity contribution >= 4 is 50.3 Å². The Morgan fingerprint density at radius 2 is 1.09 bits per heavy atom. The molecule has 3 aromatic rings. The number of aliphatic hydroxyl groups is 4. The van der Waals surface area contributed by atoms with E-state index in [1.807, 2.05) is 52.0 Å². The number of aliphatic hydroxyl groups excluding tert-OH is 2. The minimum absolute atomic E-state index is 0. The molecule has 0 spiro atoms. The van der Waals surface area contributed by atoms with Crippen molar-refractivity contribution in [1.82, 2.24) is 19.9 Å². The van der Waals surface area contributed by atoms with Gasteiger partial charge in [0.25, 0.3) is 0 Å². The number of allylic oxidation sites excluding steroid dienone is 4. The van der Waals surface area contributed by atoms with Crippen LogP contribution in [0.25, 0.3) is 44.4 Å². The van der Waals surface area contributed by atoms with Gasteiger partial charge in [0.1, 0.15) is 0 Å². The number of carboxylic acids is 1. The molecule has 8 bridgehead atoms. The maximum Gasteiger partial charge on any atom is 2.00 e. The van der Waals surface area contributed by atoms with E-state index in [2.05, 4.69) is 6.92 Å². The quantitative estimate of drug-likeness (QED) is 0.134. The van der Waals surface area contributed by atoms with Gasteiger partial charge >= 0.3 is 23.0 Å². The third-order valence-electron chi connectivity index (χ3n) is 9.04. The molecule has 5 rings (SSSR count). The first-order valence-electron chi connectivity index (χ1n) is 15.9. The van der Waals surface area contributed by atoms with Crippen LogP contribution in [-0.2, 0) is 34.7 Å². The van der Waals surface area contributed by atoms with Gasteiger partial charge in [0.2, 0.25) is 0 Å². The first-order chi connectivity index (χ1) is 21.9. The molecule has 0 amide bonds. The molecule has 0 saturated carbocycles. The molecule has 2 aliphatic heterocycles. The van der Waals surface area contributed by atoms with Crippen LogP contribution in [0.4, 0.5) is 0 Å². The molecular weight excluding hydrogens is 640 g/mol. The van der Waals surface area contributed by atoms with Gasteiger partial charge in [-0.2, -0.15) is 0 Å². The first-order valence-corrected chi connectivity index (χ1v) is 15.9. The van der Waals surface area contributed by atoms with Crippen molar-refractivity contribution in [2.45, 2.75) is 98.6 Å². The Morgan fingerprint density at radius 3 is 1.53 bits per heavy atom. The number of carboxylic acid groups (broad SMARTS) is 1. The summed E-state index contributed by atoms with van der Waals surface area (Å²) in [6.45, 7) is 10.0. The second-order valence-electron chi connectivity index (χ2n) is 12.2. The summed E-state index contributed by atoms with van der Waals surface area (Å²) < 4.78 is 0. The summed E-state index contributed by atoms with van der Waals surface area (Å²) in [5.41, 5.74) is 13.1. The van der Waals surface area contributed by atoms with E-state index < -0.39 is 18.5 Å². The zero-order chi connectivity index (χ0) is 33.3. The van der Waals surface area contributed by atoms with Crippen LogP contribution in [-0.4, -0.2) is 54.0 Å². The van der Waals surface area contributed by atoms with Gasteiger partial charge < -0.3 is 35.5 Å². The Labute approximate surface area is 284 Å². The van der Waals surface area contributed by atoms with E-state index in [4.69, 9.17) is 19.9 Å². The zero-order valence-electron chi connectivity index (χ0n) is 27.4. The fraction of sp³-hybridized carbons (Fsp3) is 0.417. The molecule has 0 saturated heterocycles. The molecule has 0 fully saturated rings. The van der Waals surface area contributed by atoms with Gasteiger partial charge in [-0.05, 0) is 75.7 Å². The Balaban J connectivity index is 0.00000500. The van der Waals surface area contributed by atoms with Crippen LogP contribution in [0, 0.1) is 13.8 Å². The monoisotopic (exact) mass is 682 g/mol. The second kappa shape index (κ2) is 15.1. The van der Waals surface area contributed by atoms with Gasteiger partial charge in [-0.1, -0.05) is 59.9 Å². The topological polar surface area (TPSA) is 172 Å². The Kier molecular flexibility index (Phi) is 11.7. The van der Waals surface area contributed by atoms with Crippen LogP contribution < -0.4 is 9.97 Å². The molecule has 5 N–H and O–H groups in total. The van der Waals surface area contributed by atoms with Crippen molar-refractivity contribution < 1.29 is 47.4 Å². The second-order valence-corrected chi connectivity index (χ2v) is 12.2. The normalized spacial score (nSPS) is 13.3. The number of fused-ring (bicyclic) bond motifs is 8. The van der Waals surface area contributed by atoms with Gasteiger partial charge in [-0.25, -0.2) is 9.97 Å². The maximum atomic E-state index is 11.6.